The summed E-state index contributed by atoms with van der Waals surface area (Å²) < 4.78 is 17.9. The second kappa shape index (κ2) is 9.40. The molecule has 2 unspecified atom stereocenters. The maximum Gasteiger partial charge on any atom is 0.161 e. The third-order valence-electron chi connectivity index (χ3n) is 8.62. The summed E-state index contributed by atoms with van der Waals surface area (Å²) in [6.07, 6.45) is 6.77. The first-order chi connectivity index (χ1) is 18.3. The molecule has 38 heavy (non-hydrogen) atoms. The van der Waals surface area contributed by atoms with Gasteiger partial charge in [0.05, 0.1) is 17.0 Å². The Labute approximate surface area is 224 Å². The highest BCUT2D eigenvalue weighted by Crippen LogP contribution is 2.40. The second-order valence-electron chi connectivity index (χ2n) is 11.3. The fraction of sp³-hybridized carbons (Fsp3) is 0.387. The fourth-order valence-corrected chi connectivity index (χ4v) is 6.52. The van der Waals surface area contributed by atoms with Gasteiger partial charge >= 0.3 is 0 Å². The molecule has 0 aliphatic carbocycles. The van der Waals surface area contributed by atoms with Gasteiger partial charge in [-0.05, 0) is 68.0 Å². The number of nitrogens with zero attached hydrogens (tertiary/aromatic N) is 5. The number of hydrogen-bond donors (Lipinski definition) is 1. The van der Waals surface area contributed by atoms with Gasteiger partial charge in [-0.3, -0.25) is 4.57 Å². The molecule has 0 saturated carbocycles. The largest absolute Gasteiger partial charge is 0.389 e. The molecular formula is C31H36FN5O. The number of rotatable bonds is 5. The third kappa shape index (κ3) is 4.14. The van der Waals surface area contributed by atoms with Crippen LogP contribution < -0.4 is 4.90 Å². The van der Waals surface area contributed by atoms with Gasteiger partial charge in [0.2, 0.25) is 0 Å². The van der Waals surface area contributed by atoms with Crippen LogP contribution in [0.15, 0.2) is 67.1 Å². The number of hydrogen-bond acceptors (Lipinski definition) is 4. The second-order valence-corrected chi connectivity index (χ2v) is 11.3. The zero-order valence-corrected chi connectivity index (χ0v) is 22.6. The summed E-state index contributed by atoms with van der Waals surface area (Å²) in [7, 11) is 4.17. The molecular weight excluding hydrogens is 477 g/mol. The van der Waals surface area contributed by atoms with E-state index in [9.17, 15) is 9.50 Å². The van der Waals surface area contributed by atoms with Crippen molar-refractivity contribution in [2.75, 3.05) is 38.6 Å². The van der Waals surface area contributed by atoms with Crippen molar-refractivity contribution in [3.63, 3.8) is 0 Å². The summed E-state index contributed by atoms with van der Waals surface area (Å²) >= 11 is 0. The average Bonchev–Trinajstić information content (AvgIpc) is 3.52. The van der Waals surface area contributed by atoms with Gasteiger partial charge in [-0.1, -0.05) is 26.0 Å². The van der Waals surface area contributed by atoms with Gasteiger partial charge in [0.1, 0.15) is 5.82 Å². The molecule has 6 nitrogen and oxygen atoms in total. The maximum absolute atomic E-state index is 13.5. The van der Waals surface area contributed by atoms with E-state index in [0.717, 1.165) is 54.4 Å². The first kappa shape index (κ1) is 24.9. The predicted octanol–water partition coefficient (Wildman–Crippen LogP) is 5.28. The number of piperidine rings is 1. The number of fused-ring (bicyclic) bond motifs is 5. The number of aliphatic hydroxyl groups is 1. The van der Waals surface area contributed by atoms with Crippen LogP contribution in [0.4, 0.5) is 10.1 Å². The SMILES string of the molecule is CCC1(O)C(C)CN(c2ccc3c(c2)Cn2cc(-c4ccc(F)cc4)cc2-c2nccn2-3)C[C@@H]1CN(C)C. The van der Waals surface area contributed by atoms with E-state index < -0.39 is 5.60 Å². The molecule has 3 atom stereocenters. The van der Waals surface area contributed by atoms with Crippen LogP contribution in [0.1, 0.15) is 25.8 Å². The standard InChI is InChI=1S/C31H36FN5O/c1-5-31(38)21(2)16-35(20-25(31)19-34(3)4)27-10-11-28-24(14-27)18-36-17-23(22-6-8-26(32)9-7-22)15-29(36)30-33-12-13-37(28)30/h6-15,17,21,25,38H,5,16,18-20H2,1-4H3/t21?,25-,31?/m0/s1. The molecule has 0 amide bonds. The van der Waals surface area contributed by atoms with Gasteiger partial charge in [0.25, 0.3) is 0 Å². The van der Waals surface area contributed by atoms with Crippen molar-refractivity contribution in [3.05, 3.63) is 78.5 Å². The normalized spacial score (nSPS) is 22.7. The molecule has 2 aliphatic rings. The fourth-order valence-electron chi connectivity index (χ4n) is 6.52. The van der Waals surface area contributed by atoms with E-state index in [4.69, 9.17) is 4.98 Å². The summed E-state index contributed by atoms with van der Waals surface area (Å²) in [4.78, 5) is 9.34. The predicted molar refractivity (Wildman–Crippen MR) is 150 cm³/mol. The molecule has 1 saturated heterocycles. The van der Waals surface area contributed by atoms with Gasteiger partial charge in [-0.15, -0.1) is 0 Å². The Morgan fingerprint density at radius 3 is 2.61 bits per heavy atom. The lowest BCUT2D eigenvalue weighted by Gasteiger charge is -2.50. The van der Waals surface area contributed by atoms with Gasteiger partial charge in [0, 0.05) is 67.9 Å². The zero-order valence-electron chi connectivity index (χ0n) is 22.6. The molecule has 4 heterocycles. The van der Waals surface area contributed by atoms with Crippen LogP contribution in [-0.2, 0) is 6.54 Å². The molecule has 1 N–H and O–H groups in total. The highest BCUT2D eigenvalue weighted by atomic mass is 19.1. The molecule has 2 aromatic carbocycles. The van der Waals surface area contributed by atoms with Gasteiger partial charge in [-0.25, -0.2) is 9.37 Å². The molecule has 4 aromatic rings. The van der Waals surface area contributed by atoms with Crippen molar-refractivity contribution >= 4 is 5.69 Å². The lowest BCUT2D eigenvalue weighted by Crippen LogP contribution is -2.59. The van der Waals surface area contributed by atoms with Crippen molar-refractivity contribution in [1.82, 2.24) is 19.0 Å². The van der Waals surface area contributed by atoms with Crippen molar-refractivity contribution in [3.8, 4) is 28.3 Å². The Kier molecular flexibility index (Phi) is 6.16. The zero-order chi connectivity index (χ0) is 26.6. The topological polar surface area (TPSA) is 49.5 Å². The van der Waals surface area contributed by atoms with Crippen molar-refractivity contribution < 1.29 is 9.50 Å². The van der Waals surface area contributed by atoms with Crippen LogP contribution >= 0.6 is 0 Å². The Bertz CT molecular complexity index is 1460. The molecule has 0 bridgehead atoms. The lowest BCUT2D eigenvalue weighted by molar-refractivity contribution is -0.0819. The summed E-state index contributed by atoms with van der Waals surface area (Å²) in [6, 6.07) is 15.5. The van der Waals surface area contributed by atoms with E-state index in [2.05, 4.69) is 77.3 Å². The number of imidazole rings is 1. The Morgan fingerprint density at radius 1 is 1.08 bits per heavy atom. The van der Waals surface area contributed by atoms with Crippen molar-refractivity contribution in [1.29, 1.82) is 0 Å². The smallest absolute Gasteiger partial charge is 0.161 e. The molecule has 6 rings (SSSR count). The van der Waals surface area contributed by atoms with Crippen LogP contribution in [0, 0.1) is 17.7 Å². The minimum Gasteiger partial charge on any atom is -0.389 e. The Morgan fingerprint density at radius 2 is 1.87 bits per heavy atom. The van der Waals surface area contributed by atoms with Crippen LogP contribution in [-0.4, -0.2) is 63.5 Å². The lowest BCUT2D eigenvalue weighted by atomic mass is 9.72. The van der Waals surface area contributed by atoms with E-state index in [1.807, 2.05) is 24.5 Å². The minimum absolute atomic E-state index is 0.166. The average molecular weight is 514 g/mol. The minimum atomic E-state index is -0.658. The number of halogens is 1. The van der Waals surface area contributed by atoms with Crippen LogP contribution in [0.5, 0.6) is 0 Å². The van der Waals surface area contributed by atoms with E-state index in [1.165, 1.54) is 23.4 Å². The van der Waals surface area contributed by atoms with Crippen LogP contribution in [0.3, 0.4) is 0 Å². The van der Waals surface area contributed by atoms with Gasteiger partial charge in [-0.2, -0.15) is 0 Å². The van der Waals surface area contributed by atoms with Crippen LogP contribution in [0.25, 0.3) is 28.3 Å². The van der Waals surface area contributed by atoms with E-state index in [1.54, 1.807) is 0 Å². The number of benzene rings is 2. The summed E-state index contributed by atoms with van der Waals surface area (Å²) in [5.41, 5.74) is 5.95. The first-order valence-electron chi connectivity index (χ1n) is 13.5. The summed E-state index contributed by atoms with van der Waals surface area (Å²) in [6.45, 7) is 7.51. The molecule has 1 fully saturated rings. The highest BCUT2D eigenvalue weighted by molar-refractivity contribution is 5.72. The molecule has 2 aromatic heterocycles. The third-order valence-corrected chi connectivity index (χ3v) is 8.62. The van der Waals surface area contributed by atoms with E-state index in [-0.39, 0.29) is 17.7 Å². The molecule has 0 radical (unpaired) electrons. The summed E-state index contributed by atoms with van der Waals surface area (Å²) in [5.74, 6) is 0.999. The molecule has 0 spiro atoms. The summed E-state index contributed by atoms with van der Waals surface area (Å²) in [5, 5.41) is 11.6. The van der Waals surface area contributed by atoms with Crippen LogP contribution in [0.2, 0.25) is 0 Å². The van der Waals surface area contributed by atoms with Gasteiger partial charge in [0.15, 0.2) is 5.82 Å². The quantitative estimate of drug-likeness (QED) is 0.347. The maximum atomic E-state index is 13.5. The first-order valence-corrected chi connectivity index (χ1v) is 13.5. The Balaban J connectivity index is 1.37. The molecule has 7 heteroatoms. The molecule has 2 aliphatic heterocycles. The van der Waals surface area contributed by atoms with E-state index in [0.29, 0.717) is 6.54 Å². The number of anilines is 1. The molecule has 198 valence electrons. The highest BCUT2D eigenvalue weighted by Gasteiger charge is 2.45. The monoisotopic (exact) mass is 513 g/mol. The van der Waals surface area contributed by atoms with Gasteiger partial charge < -0.3 is 19.5 Å². The van der Waals surface area contributed by atoms with E-state index >= 15 is 0 Å². The van der Waals surface area contributed by atoms with Crippen molar-refractivity contribution in [2.45, 2.75) is 32.4 Å². The van der Waals surface area contributed by atoms with Crippen molar-refractivity contribution in [2.24, 2.45) is 11.8 Å². The number of aromatic nitrogens is 3. The Hall–Kier alpha value is -3.42.